The molecule has 1 aliphatic carbocycles. The Bertz CT molecular complexity index is 531. The molecular formula is C15H20N2O3S. The van der Waals surface area contributed by atoms with E-state index in [9.17, 15) is 9.59 Å². The third kappa shape index (κ3) is 2.95. The smallest absolute Gasteiger partial charge is 0.246 e. The summed E-state index contributed by atoms with van der Waals surface area (Å²) in [5.41, 5.74) is 0. The second-order valence-corrected chi connectivity index (χ2v) is 6.92. The van der Waals surface area contributed by atoms with Crippen molar-refractivity contribution in [1.29, 1.82) is 0 Å². The van der Waals surface area contributed by atoms with Crippen molar-refractivity contribution in [3.63, 3.8) is 0 Å². The van der Waals surface area contributed by atoms with Crippen LogP contribution in [0.15, 0.2) is 22.8 Å². The first-order valence-corrected chi connectivity index (χ1v) is 8.39. The maximum Gasteiger partial charge on any atom is 0.246 e. The van der Waals surface area contributed by atoms with Crippen LogP contribution in [0, 0.1) is 11.8 Å². The van der Waals surface area contributed by atoms with E-state index in [1.807, 2.05) is 12.1 Å². The number of hydrogen-bond acceptors (Lipinski definition) is 4. The van der Waals surface area contributed by atoms with E-state index in [2.05, 4.69) is 6.92 Å². The highest BCUT2D eigenvalue weighted by molar-refractivity contribution is 7.99. The van der Waals surface area contributed by atoms with Crippen LogP contribution in [0.1, 0.15) is 19.1 Å². The van der Waals surface area contributed by atoms with Gasteiger partial charge in [0.05, 0.1) is 18.7 Å². The van der Waals surface area contributed by atoms with Gasteiger partial charge in [-0.15, -0.1) is 11.8 Å². The van der Waals surface area contributed by atoms with Gasteiger partial charge in [0, 0.05) is 18.7 Å². The number of nitrogens with zero attached hydrogens (tertiary/aromatic N) is 2. The van der Waals surface area contributed by atoms with E-state index in [0.29, 0.717) is 24.1 Å². The molecule has 0 spiro atoms. The number of carbonyl (C=O) groups excluding carboxylic acids is 2. The van der Waals surface area contributed by atoms with Crippen LogP contribution in [0.2, 0.25) is 0 Å². The quantitative estimate of drug-likeness (QED) is 0.851. The largest absolute Gasteiger partial charge is 0.467 e. The van der Waals surface area contributed by atoms with Gasteiger partial charge in [0.25, 0.3) is 0 Å². The molecule has 0 aromatic carbocycles. The molecule has 0 unspecified atom stereocenters. The van der Waals surface area contributed by atoms with E-state index < -0.39 is 0 Å². The number of rotatable bonds is 4. The van der Waals surface area contributed by atoms with Crippen LogP contribution in [-0.4, -0.2) is 46.3 Å². The van der Waals surface area contributed by atoms with Crippen molar-refractivity contribution in [1.82, 2.24) is 9.80 Å². The first kappa shape index (κ1) is 14.5. The zero-order valence-corrected chi connectivity index (χ0v) is 13.1. The summed E-state index contributed by atoms with van der Waals surface area (Å²) in [5, 5.41) is 0. The molecule has 0 bridgehead atoms. The van der Waals surface area contributed by atoms with E-state index in [1.165, 1.54) is 0 Å². The minimum atomic E-state index is -0.324. The molecule has 1 saturated carbocycles. The molecule has 2 amide bonds. The van der Waals surface area contributed by atoms with Gasteiger partial charge in [0.15, 0.2) is 0 Å². The van der Waals surface area contributed by atoms with Gasteiger partial charge < -0.3 is 14.2 Å². The third-order valence-electron chi connectivity index (χ3n) is 4.23. The first-order chi connectivity index (χ1) is 10.1. The monoisotopic (exact) mass is 308 g/mol. The molecule has 114 valence electrons. The maximum atomic E-state index is 12.6. The maximum absolute atomic E-state index is 12.6. The number of thioether (sulfide) groups is 1. The highest BCUT2D eigenvalue weighted by Crippen LogP contribution is 2.41. The molecule has 0 radical (unpaired) electrons. The summed E-state index contributed by atoms with van der Waals surface area (Å²) in [7, 11) is 1.76. The van der Waals surface area contributed by atoms with E-state index in [4.69, 9.17) is 4.42 Å². The second kappa shape index (κ2) is 5.75. The summed E-state index contributed by atoms with van der Waals surface area (Å²) in [6, 6.07) is 3.33. The average Bonchev–Trinajstić information content (AvgIpc) is 2.90. The lowest BCUT2D eigenvalue weighted by Crippen LogP contribution is -2.48. The molecule has 1 aromatic heterocycles. The Morgan fingerprint density at radius 1 is 1.52 bits per heavy atom. The van der Waals surface area contributed by atoms with Crippen molar-refractivity contribution >= 4 is 23.6 Å². The molecule has 2 heterocycles. The predicted octanol–water partition coefficient (Wildman–Crippen LogP) is 1.80. The van der Waals surface area contributed by atoms with Gasteiger partial charge >= 0.3 is 0 Å². The Labute approximate surface area is 128 Å². The number of hydrogen-bond donors (Lipinski definition) is 0. The number of carbonyl (C=O) groups is 2. The Balaban J connectivity index is 1.63. The minimum Gasteiger partial charge on any atom is -0.467 e. The van der Waals surface area contributed by atoms with Gasteiger partial charge in [-0.25, -0.2) is 0 Å². The van der Waals surface area contributed by atoms with Crippen LogP contribution >= 0.6 is 11.8 Å². The lowest BCUT2D eigenvalue weighted by molar-refractivity contribution is -0.143. The van der Waals surface area contributed by atoms with Crippen LogP contribution in [0.5, 0.6) is 0 Å². The van der Waals surface area contributed by atoms with Crippen molar-refractivity contribution < 1.29 is 14.0 Å². The van der Waals surface area contributed by atoms with Crippen LogP contribution in [0.25, 0.3) is 0 Å². The van der Waals surface area contributed by atoms with Gasteiger partial charge in [-0.2, -0.15) is 0 Å². The summed E-state index contributed by atoms with van der Waals surface area (Å²) in [5.74, 6) is 2.83. The molecule has 3 atom stereocenters. The Morgan fingerprint density at radius 2 is 2.29 bits per heavy atom. The van der Waals surface area contributed by atoms with Crippen molar-refractivity contribution in [3.05, 3.63) is 24.2 Å². The summed E-state index contributed by atoms with van der Waals surface area (Å²) in [6.45, 7) is 2.53. The van der Waals surface area contributed by atoms with Gasteiger partial charge in [-0.3, -0.25) is 9.59 Å². The molecular weight excluding hydrogens is 288 g/mol. The van der Waals surface area contributed by atoms with Gasteiger partial charge in [0.1, 0.15) is 11.8 Å². The average molecular weight is 308 g/mol. The topological polar surface area (TPSA) is 53.8 Å². The fraction of sp³-hybridized carbons (Fsp3) is 0.600. The van der Waals surface area contributed by atoms with E-state index in [-0.39, 0.29) is 23.8 Å². The molecule has 2 fully saturated rings. The molecule has 1 saturated heterocycles. The fourth-order valence-corrected chi connectivity index (χ4v) is 3.87. The van der Waals surface area contributed by atoms with E-state index >= 15 is 0 Å². The zero-order valence-electron chi connectivity index (χ0n) is 12.3. The van der Waals surface area contributed by atoms with Gasteiger partial charge in [-0.05, 0) is 24.5 Å². The van der Waals surface area contributed by atoms with Gasteiger partial charge in [0.2, 0.25) is 11.8 Å². The number of likely N-dealkylation sites (N-methyl/N-ethyl adjacent to an activating group) is 1. The van der Waals surface area contributed by atoms with Gasteiger partial charge in [-0.1, -0.05) is 6.92 Å². The van der Waals surface area contributed by atoms with Crippen LogP contribution in [0.4, 0.5) is 0 Å². The Hall–Kier alpha value is -1.43. The first-order valence-electron chi connectivity index (χ1n) is 7.23. The van der Waals surface area contributed by atoms with Crippen molar-refractivity contribution in [3.8, 4) is 0 Å². The van der Waals surface area contributed by atoms with E-state index in [1.54, 1.807) is 34.9 Å². The molecule has 0 N–H and O–H groups in total. The van der Waals surface area contributed by atoms with Crippen molar-refractivity contribution in [2.45, 2.75) is 25.9 Å². The lowest BCUT2D eigenvalue weighted by Gasteiger charge is -2.27. The molecule has 1 aromatic rings. The standard InChI is InChI=1S/C15H20N2O3S/c1-10-6-12(10)14(18)17-9-21-8-13(17)15(19)16(2)7-11-4-3-5-20-11/h3-5,10,12-13H,6-9H2,1-2H3/t10-,12+,13-/m1/s1. The molecule has 2 aliphatic rings. The molecule has 1 aliphatic heterocycles. The number of amides is 2. The second-order valence-electron chi connectivity index (χ2n) is 5.92. The van der Waals surface area contributed by atoms with Crippen molar-refractivity contribution in [2.24, 2.45) is 11.8 Å². The molecule has 5 nitrogen and oxygen atoms in total. The van der Waals surface area contributed by atoms with E-state index in [0.717, 1.165) is 12.2 Å². The fourth-order valence-electron chi connectivity index (χ4n) is 2.71. The van der Waals surface area contributed by atoms with Crippen molar-refractivity contribution in [2.75, 3.05) is 18.7 Å². The SMILES string of the molecule is C[C@@H]1C[C@@H]1C(=O)N1CSC[C@@H]1C(=O)N(C)Cc1ccco1. The normalized spacial score (nSPS) is 27.7. The highest BCUT2D eigenvalue weighted by atomic mass is 32.2. The minimum absolute atomic E-state index is 0.00180. The molecule has 3 rings (SSSR count). The highest BCUT2D eigenvalue weighted by Gasteiger charge is 2.46. The summed E-state index contributed by atoms with van der Waals surface area (Å²) >= 11 is 1.65. The number of furan rings is 1. The predicted molar refractivity (Wildman–Crippen MR) is 80.4 cm³/mol. The van der Waals surface area contributed by atoms with Crippen LogP contribution < -0.4 is 0 Å². The Kier molecular flexibility index (Phi) is 3.97. The van der Waals surface area contributed by atoms with Crippen LogP contribution in [-0.2, 0) is 16.1 Å². The summed E-state index contributed by atoms with van der Waals surface area (Å²) in [4.78, 5) is 28.4. The molecule has 21 heavy (non-hydrogen) atoms. The van der Waals surface area contributed by atoms with Crippen LogP contribution in [0.3, 0.4) is 0 Å². The Morgan fingerprint density at radius 3 is 2.90 bits per heavy atom. The summed E-state index contributed by atoms with van der Waals surface area (Å²) in [6.07, 6.45) is 2.56. The molecule has 6 heteroatoms. The zero-order chi connectivity index (χ0) is 15.0. The third-order valence-corrected chi connectivity index (χ3v) is 5.24. The summed E-state index contributed by atoms with van der Waals surface area (Å²) < 4.78 is 5.27. The lowest BCUT2D eigenvalue weighted by atomic mass is 10.2.